The maximum absolute atomic E-state index is 11.5. The molecule has 0 aliphatic heterocycles. The first-order valence-corrected chi connectivity index (χ1v) is 8.46. The number of rotatable bonds is 6. The summed E-state index contributed by atoms with van der Waals surface area (Å²) in [7, 11) is 0. The zero-order valence-corrected chi connectivity index (χ0v) is 15.3. The van der Waals surface area contributed by atoms with Crippen LogP contribution in [-0.2, 0) is 16.2 Å². The van der Waals surface area contributed by atoms with Gasteiger partial charge in [0.25, 0.3) is 0 Å². The summed E-state index contributed by atoms with van der Waals surface area (Å²) in [5.74, 6) is -1.02. The number of nitrogens with one attached hydrogen (secondary N) is 2. The fourth-order valence-electron chi connectivity index (χ4n) is 2.05. The number of halogens is 1. The smallest absolute Gasteiger partial charge is 0.329 e. The molecule has 0 aliphatic rings. The monoisotopic (exact) mass is 373 g/mol. The van der Waals surface area contributed by atoms with Gasteiger partial charge in [-0.2, -0.15) is 5.10 Å². The van der Waals surface area contributed by atoms with Gasteiger partial charge in [0.1, 0.15) is 12.4 Å². The quantitative estimate of drug-likeness (QED) is 0.464. The zero-order chi connectivity index (χ0) is 18.9. The first kappa shape index (κ1) is 19.5. The number of aryl methyl sites for hydroxylation is 1. The molecule has 2 N–H and O–H groups in total. The Morgan fingerprint density at radius 2 is 1.88 bits per heavy atom. The Bertz CT molecular complexity index is 804. The van der Waals surface area contributed by atoms with Crippen LogP contribution in [0.5, 0.6) is 5.75 Å². The fourth-order valence-corrected chi connectivity index (χ4v) is 2.23. The number of benzene rings is 2. The van der Waals surface area contributed by atoms with Gasteiger partial charge in [0, 0.05) is 17.1 Å². The molecule has 2 aromatic rings. The number of carbonyl (C=O) groups excluding carboxylic acids is 2. The third kappa shape index (κ3) is 5.89. The van der Waals surface area contributed by atoms with Crippen molar-refractivity contribution in [2.45, 2.75) is 20.5 Å². The van der Waals surface area contributed by atoms with Crippen molar-refractivity contribution in [1.29, 1.82) is 0 Å². The van der Waals surface area contributed by atoms with Crippen molar-refractivity contribution in [3.05, 3.63) is 64.2 Å². The summed E-state index contributed by atoms with van der Waals surface area (Å²) in [6.07, 6.45) is 1.38. The predicted molar refractivity (Wildman–Crippen MR) is 101 cm³/mol. The van der Waals surface area contributed by atoms with E-state index in [-0.39, 0.29) is 0 Å². The van der Waals surface area contributed by atoms with Gasteiger partial charge in [-0.3, -0.25) is 9.59 Å². The second kappa shape index (κ2) is 9.58. The van der Waals surface area contributed by atoms with Gasteiger partial charge in [-0.25, -0.2) is 5.43 Å². The van der Waals surface area contributed by atoms with E-state index in [4.69, 9.17) is 16.3 Å². The highest BCUT2D eigenvalue weighted by Crippen LogP contribution is 2.22. The van der Waals surface area contributed by atoms with Gasteiger partial charge < -0.3 is 10.1 Å². The van der Waals surface area contributed by atoms with E-state index in [2.05, 4.69) is 15.8 Å². The summed E-state index contributed by atoms with van der Waals surface area (Å²) >= 11 is 6.02. The van der Waals surface area contributed by atoms with Crippen LogP contribution in [0.4, 0.5) is 0 Å². The molecule has 0 saturated heterocycles. The van der Waals surface area contributed by atoms with Gasteiger partial charge in [-0.1, -0.05) is 41.4 Å². The lowest BCUT2D eigenvalue weighted by atomic mass is 10.1. The number of hydrogen-bond donors (Lipinski definition) is 2. The van der Waals surface area contributed by atoms with Gasteiger partial charge in [-0.05, 0) is 37.6 Å². The minimum Gasteiger partial charge on any atom is -0.488 e. The first-order valence-electron chi connectivity index (χ1n) is 8.08. The van der Waals surface area contributed by atoms with Crippen molar-refractivity contribution in [1.82, 2.24) is 10.7 Å². The standard InChI is InChI=1S/C19H20ClN3O3/c1-3-21-18(24)19(25)23-22-11-15-10-16(20)8-9-17(15)26-12-14-6-4-13(2)5-7-14/h4-11H,3,12H2,1-2H3,(H,21,24)(H,23,25)/b22-11-. The molecular weight excluding hydrogens is 354 g/mol. The van der Waals surface area contributed by atoms with Crippen molar-refractivity contribution < 1.29 is 14.3 Å². The summed E-state index contributed by atoms with van der Waals surface area (Å²) in [5.41, 5.74) is 4.95. The average molecular weight is 374 g/mol. The normalized spacial score (nSPS) is 10.6. The second-order valence-corrected chi connectivity index (χ2v) is 5.95. The summed E-state index contributed by atoms with van der Waals surface area (Å²) in [4.78, 5) is 22.9. The van der Waals surface area contributed by atoms with Crippen LogP contribution in [0.1, 0.15) is 23.6 Å². The van der Waals surface area contributed by atoms with Crippen LogP contribution in [0.2, 0.25) is 5.02 Å². The molecule has 0 unspecified atom stereocenters. The van der Waals surface area contributed by atoms with E-state index in [9.17, 15) is 9.59 Å². The Labute approximate surface area is 157 Å². The molecule has 6 nitrogen and oxygen atoms in total. The Morgan fingerprint density at radius 3 is 2.58 bits per heavy atom. The molecule has 0 aromatic heterocycles. The maximum Gasteiger partial charge on any atom is 0.329 e. The predicted octanol–water partition coefficient (Wildman–Crippen LogP) is 2.81. The van der Waals surface area contributed by atoms with Crippen LogP contribution in [0, 0.1) is 6.92 Å². The Hall–Kier alpha value is -2.86. The molecule has 26 heavy (non-hydrogen) atoms. The number of nitrogens with zero attached hydrogens (tertiary/aromatic N) is 1. The highest BCUT2D eigenvalue weighted by Gasteiger charge is 2.10. The molecule has 0 atom stereocenters. The fraction of sp³-hybridized carbons (Fsp3) is 0.211. The average Bonchev–Trinajstić information content (AvgIpc) is 2.62. The molecule has 0 spiro atoms. The number of hydrogen-bond acceptors (Lipinski definition) is 4. The molecule has 7 heteroatoms. The first-order chi connectivity index (χ1) is 12.5. The minimum absolute atomic E-state index is 0.362. The number of likely N-dealkylation sites (N-methyl/N-ethyl adjacent to an activating group) is 1. The van der Waals surface area contributed by atoms with Crippen LogP contribution in [0.25, 0.3) is 0 Å². The molecular formula is C19H20ClN3O3. The number of carbonyl (C=O) groups is 2. The van der Waals surface area contributed by atoms with Crippen molar-refractivity contribution >= 4 is 29.6 Å². The van der Waals surface area contributed by atoms with Crippen molar-refractivity contribution in [2.24, 2.45) is 5.10 Å². The SMILES string of the molecule is CCNC(=O)C(=O)N/N=C\c1cc(Cl)ccc1OCc1ccc(C)cc1. The van der Waals surface area contributed by atoms with Crippen LogP contribution in [0.3, 0.4) is 0 Å². The highest BCUT2D eigenvalue weighted by molar-refractivity contribution is 6.35. The van der Waals surface area contributed by atoms with E-state index >= 15 is 0 Å². The number of hydrazone groups is 1. The van der Waals surface area contributed by atoms with Gasteiger partial charge in [0.15, 0.2) is 0 Å². The Balaban J connectivity index is 2.04. The van der Waals surface area contributed by atoms with Gasteiger partial charge >= 0.3 is 11.8 Å². The lowest BCUT2D eigenvalue weighted by Crippen LogP contribution is -2.37. The second-order valence-electron chi connectivity index (χ2n) is 5.52. The van der Waals surface area contributed by atoms with Crippen LogP contribution in [-0.4, -0.2) is 24.6 Å². The van der Waals surface area contributed by atoms with Gasteiger partial charge in [-0.15, -0.1) is 0 Å². The summed E-state index contributed by atoms with van der Waals surface area (Å²) in [6.45, 7) is 4.49. The van der Waals surface area contributed by atoms with Crippen molar-refractivity contribution in [3.8, 4) is 5.75 Å². The largest absolute Gasteiger partial charge is 0.488 e. The summed E-state index contributed by atoms with van der Waals surface area (Å²) in [6, 6.07) is 13.1. The molecule has 2 rings (SSSR count). The van der Waals surface area contributed by atoms with E-state index < -0.39 is 11.8 Å². The molecule has 0 saturated carbocycles. The van der Waals surface area contributed by atoms with E-state index in [1.54, 1.807) is 25.1 Å². The van der Waals surface area contributed by atoms with Crippen LogP contribution in [0.15, 0.2) is 47.6 Å². The molecule has 2 amide bonds. The van der Waals surface area contributed by atoms with E-state index in [0.29, 0.717) is 29.5 Å². The summed E-state index contributed by atoms with van der Waals surface area (Å²) < 4.78 is 5.82. The number of ether oxygens (including phenoxy) is 1. The molecule has 0 bridgehead atoms. The molecule has 0 fully saturated rings. The third-order valence-electron chi connectivity index (χ3n) is 3.40. The van der Waals surface area contributed by atoms with Crippen LogP contribution >= 0.6 is 11.6 Å². The summed E-state index contributed by atoms with van der Waals surface area (Å²) in [5, 5.41) is 6.68. The topological polar surface area (TPSA) is 79.8 Å². The molecule has 2 aromatic carbocycles. The molecule has 0 aliphatic carbocycles. The lowest BCUT2D eigenvalue weighted by Gasteiger charge is -2.10. The van der Waals surface area contributed by atoms with E-state index in [1.165, 1.54) is 11.8 Å². The van der Waals surface area contributed by atoms with E-state index in [1.807, 2.05) is 31.2 Å². The lowest BCUT2D eigenvalue weighted by molar-refractivity contribution is -0.139. The highest BCUT2D eigenvalue weighted by atomic mass is 35.5. The van der Waals surface area contributed by atoms with E-state index in [0.717, 1.165) is 5.56 Å². The minimum atomic E-state index is -0.841. The molecule has 0 radical (unpaired) electrons. The third-order valence-corrected chi connectivity index (χ3v) is 3.64. The Morgan fingerprint density at radius 1 is 1.15 bits per heavy atom. The maximum atomic E-state index is 11.5. The van der Waals surface area contributed by atoms with Crippen molar-refractivity contribution in [2.75, 3.05) is 6.54 Å². The van der Waals surface area contributed by atoms with Crippen molar-refractivity contribution in [3.63, 3.8) is 0 Å². The van der Waals surface area contributed by atoms with Crippen LogP contribution < -0.4 is 15.5 Å². The Kier molecular flexibility index (Phi) is 7.17. The molecule has 136 valence electrons. The van der Waals surface area contributed by atoms with Gasteiger partial charge in [0.2, 0.25) is 0 Å². The van der Waals surface area contributed by atoms with Gasteiger partial charge in [0.05, 0.1) is 6.21 Å². The number of amides is 2. The molecule has 0 heterocycles. The zero-order valence-electron chi connectivity index (χ0n) is 14.6.